The highest BCUT2D eigenvalue weighted by molar-refractivity contribution is 6.37. The molecule has 2 rings (SSSR count). The quantitative estimate of drug-likeness (QED) is 0.769. The van der Waals surface area contributed by atoms with Crippen molar-refractivity contribution in [2.75, 3.05) is 24.2 Å². The van der Waals surface area contributed by atoms with E-state index in [9.17, 15) is 0 Å². The van der Waals surface area contributed by atoms with E-state index in [2.05, 4.69) is 15.6 Å². The number of nitrogens with zero attached hydrogens (tertiary/aromatic N) is 1. The highest BCUT2D eigenvalue weighted by Crippen LogP contribution is 2.33. The van der Waals surface area contributed by atoms with Gasteiger partial charge in [-0.05, 0) is 24.8 Å². The summed E-state index contributed by atoms with van der Waals surface area (Å²) < 4.78 is 0. The monoisotopic (exact) mass is 273 g/mol. The molecule has 1 fully saturated rings. The van der Waals surface area contributed by atoms with Gasteiger partial charge in [0.1, 0.15) is 11.6 Å². The second-order valence-corrected chi connectivity index (χ2v) is 5.23. The smallest absolute Gasteiger partial charge is 0.147 e. The minimum Gasteiger partial charge on any atom is -0.372 e. The summed E-state index contributed by atoms with van der Waals surface area (Å²) in [7, 11) is 1.79. The number of halogens is 2. The van der Waals surface area contributed by atoms with Crippen LogP contribution in [0.15, 0.2) is 6.07 Å². The van der Waals surface area contributed by atoms with Gasteiger partial charge in [0, 0.05) is 13.6 Å². The van der Waals surface area contributed by atoms with Crippen LogP contribution in [0.1, 0.15) is 25.7 Å². The van der Waals surface area contributed by atoms with Gasteiger partial charge in [-0.25, -0.2) is 4.98 Å². The Morgan fingerprint density at radius 1 is 1.29 bits per heavy atom. The van der Waals surface area contributed by atoms with E-state index < -0.39 is 0 Å². The Hall–Kier alpha value is -0.670. The van der Waals surface area contributed by atoms with Gasteiger partial charge in [0.15, 0.2) is 0 Å². The van der Waals surface area contributed by atoms with Gasteiger partial charge in [0.05, 0.1) is 10.0 Å². The van der Waals surface area contributed by atoms with Crippen LogP contribution in [-0.2, 0) is 0 Å². The third-order valence-corrected chi connectivity index (χ3v) is 3.52. The van der Waals surface area contributed by atoms with Crippen LogP contribution in [-0.4, -0.2) is 18.6 Å². The lowest BCUT2D eigenvalue weighted by atomic mass is 10.2. The van der Waals surface area contributed by atoms with Crippen LogP contribution in [0, 0.1) is 5.92 Å². The van der Waals surface area contributed by atoms with Crippen molar-refractivity contribution in [3.63, 3.8) is 0 Å². The summed E-state index contributed by atoms with van der Waals surface area (Å²) in [6.07, 6.45) is 5.28. The molecule has 17 heavy (non-hydrogen) atoms. The van der Waals surface area contributed by atoms with E-state index in [4.69, 9.17) is 23.2 Å². The summed E-state index contributed by atoms with van der Waals surface area (Å²) in [6, 6.07) is 1.71. The molecule has 0 saturated heterocycles. The van der Waals surface area contributed by atoms with Crippen LogP contribution in [0.5, 0.6) is 0 Å². The van der Waals surface area contributed by atoms with Gasteiger partial charge in [-0.1, -0.05) is 36.0 Å². The molecule has 2 N–H and O–H groups in total. The summed E-state index contributed by atoms with van der Waals surface area (Å²) in [6.45, 7) is 0.911. The average Bonchev–Trinajstić information content (AvgIpc) is 3.10. The highest BCUT2D eigenvalue weighted by atomic mass is 35.5. The molecule has 1 aliphatic rings. The lowest BCUT2D eigenvalue weighted by Crippen LogP contribution is -2.06. The minimum absolute atomic E-state index is 0.543. The molecule has 0 bridgehead atoms. The molecule has 0 atom stereocenters. The largest absolute Gasteiger partial charge is 0.372 e. The van der Waals surface area contributed by atoms with E-state index >= 15 is 0 Å². The van der Waals surface area contributed by atoms with Crippen molar-refractivity contribution in [1.82, 2.24) is 4.98 Å². The number of hydrogen-bond acceptors (Lipinski definition) is 3. The molecular formula is C12H17Cl2N3. The molecule has 0 amide bonds. The molecular weight excluding hydrogens is 257 g/mol. The third-order valence-electron chi connectivity index (χ3n) is 2.94. The number of nitrogens with one attached hydrogen (secondary N) is 2. The van der Waals surface area contributed by atoms with Gasteiger partial charge in [0.25, 0.3) is 0 Å². The minimum atomic E-state index is 0.543. The molecule has 1 heterocycles. The van der Waals surface area contributed by atoms with Gasteiger partial charge in [-0.3, -0.25) is 0 Å². The van der Waals surface area contributed by atoms with E-state index in [0.29, 0.717) is 21.7 Å². The first-order chi connectivity index (χ1) is 8.20. The zero-order chi connectivity index (χ0) is 12.3. The number of rotatable bonds is 6. The van der Waals surface area contributed by atoms with E-state index in [1.807, 2.05) is 0 Å². The van der Waals surface area contributed by atoms with Crippen LogP contribution < -0.4 is 10.6 Å². The number of pyridine rings is 1. The number of anilines is 2. The molecule has 94 valence electrons. The van der Waals surface area contributed by atoms with Crippen molar-refractivity contribution in [2.45, 2.75) is 25.7 Å². The predicted octanol–water partition coefficient (Wildman–Crippen LogP) is 4.03. The molecule has 1 saturated carbocycles. The van der Waals surface area contributed by atoms with E-state index in [0.717, 1.165) is 12.5 Å². The van der Waals surface area contributed by atoms with Crippen molar-refractivity contribution < 1.29 is 0 Å². The maximum Gasteiger partial charge on any atom is 0.147 e. The van der Waals surface area contributed by atoms with Gasteiger partial charge in [-0.15, -0.1) is 0 Å². The molecule has 0 aromatic carbocycles. The normalized spacial score (nSPS) is 14.8. The highest BCUT2D eigenvalue weighted by Gasteiger charge is 2.20. The zero-order valence-corrected chi connectivity index (χ0v) is 11.4. The fourth-order valence-corrected chi connectivity index (χ4v) is 2.29. The van der Waals surface area contributed by atoms with Crippen LogP contribution in [0.25, 0.3) is 0 Å². The Kier molecular flexibility index (Phi) is 4.35. The lowest BCUT2D eigenvalue weighted by Gasteiger charge is -2.10. The van der Waals surface area contributed by atoms with Crippen LogP contribution in [0.2, 0.25) is 10.0 Å². The fourth-order valence-electron chi connectivity index (χ4n) is 1.77. The van der Waals surface area contributed by atoms with Gasteiger partial charge >= 0.3 is 0 Å². The van der Waals surface area contributed by atoms with Crippen LogP contribution in [0.4, 0.5) is 11.6 Å². The van der Waals surface area contributed by atoms with Crippen molar-refractivity contribution in [2.24, 2.45) is 5.92 Å². The summed E-state index contributed by atoms with van der Waals surface area (Å²) in [4.78, 5) is 4.34. The van der Waals surface area contributed by atoms with Crippen molar-refractivity contribution >= 4 is 34.8 Å². The van der Waals surface area contributed by atoms with E-state index in [1.165, 1.54) is 25.7 Å². The zero-order valence-electron chi connectivity index (χ0n) is 9.89. The Morgan fingerprint density at radius 3 is 2.65 bits per heavy atom. The Bertz CT molecular complexity index is 392. The van der Waals surface area contributed by atoms with Gasteiger partial charge in [-0.2, -0.15) is 0 Å². The Balaban J connectivity index is 1.89. The summed E-state index contributed by atoms with van der Waals surface area (Å²) in [5, 5.41) is 7.31. The Morgan fingerprint density at radius 2 is 2.00 bits per heavy atom. The molecule has 0 radical (unpaired) electrons. The first kappa shape index (κ1) is 12.8. The second-order valence-electron chi connectivity index (χ2n) is 4.41. The van der Waals surface area contributed by atoms with Crippen molar-refractivity contribution in [3.05, 3.63) is 16.1 Å². The lowest BCUT2D eigenvalue weighted by molar-refractivity contribution is 0.686. The SMILES string of the molecule is CNc1nc(NCCCC2CC2)c(Cl)cc1Cl. The molecule has 3 nitrogen and oxygen atoms in total. The summed E-state index contributed by atoms with van der Waals surface area (Å²) >= 11 is 12.1. The fraction of sp³-hybridized carbons (Fsp3) is 0.583. The summed E-state index contributed by atoms with van der Waals surface area (Å²) in [5.41, 5.74) is 0. The Labute approximate surface area is 112 Å². The second kappa shape index (κ2) is 5.78. The van der Waals surface area contributed by atoms with Gasteiger partial charge in [0.2, 0.25) is 0 Å². The van der Waals surface area contributed by atoms with Crippen LogP contribution >= 0.6 is 23.2 Å². The van der Waals surface area contributed by atoms with Crippen LogP contribution in [0.3, 0.4) is 0 Å². The predicted molar refractivity (Wildman–Crippen MR) is 74.3 cm³/mol. The van der Waals surface area contributed by atoms with Gasteiger partial charge < -0.3 is 10.6 Å². The molecule has 0 spiro atoms. The third kappa shape index (κ3) is 3.65. The van der Waals surface area contributed by atoms with E-state index in [1.54, 1.807) is 13.1 Å². The van der Waals surface area contributed by atoms with Crippen molar-refractivity contribution in [1.29, 1.82) is 0 Å². The molecule has 0 aliphatic heterocycles. The molecule has 1 aromatic rings. The first-order valence-electron chi connectivity index (χ1n) is 5.98. The van der Waals surface area contributed by atoms with Crippen molar-refractivity contribution in [3.8, 4) is 0 Å². The topological polar surface area (TPSA) is 37.0 Å². The molecule has 1 aromatic heterocycles. The maximum atomic E-state index is 6.08. The van der Waals surface area contributed by atoms with E-state index in [-0.39, 0.29) is 0 Å². The first-order valence-corrected chi connectivity index (χ1v) is 6.74. The number of aromatic nitrogens is 1. The maximum absolute atomic E-state index is 6.08. The average molecular weight is 274 g/mol. The standard InChI is InChI=1S/C12H17Cl2N3/c1-15-11-9(13)7-10(14)12(17-11)16-6-2-3-8-4-5-8/h7-8H,2-6H2,1H3,(H2,15,16,17). The number of hydrogen-bond donors (Lipinski definition) is 2. The molecule has 5 heteroatoms. The molecule has 1 aliphatic carbocycles. The summed E-state index contributed by atoms with van der Waals surface area (Å²) in [5.74, 6) is 2.33. The molecule has 0 unspecified atom stereocenters.